The van der Waals surface area contributed by atoms with E-state index in [1.807, 2.05) is 24.3 Å². The monoisotopic (exact) mass is 299 g/mol. The molecule has 1 atom stereocenters. The maximum absolute atomic E-state index is 12.0. The van der Waals surface area contributed by atoms with Crippen LogP contribution in [0.25, 0.3) is 0 Å². The number of anilines is 1. The highest BCUT2D eigenvalue weighted by Gasteiger charge is 2.13. The van der Waals surface area contributed by atoms with Crippen LogP contribution in [-0.2, 0) is 0 Å². The average Bonchev–Trinajstić information content (AvgIpc) is 2.55. The van der Waals surface area contributed by atoms with Crippen LogP contribution in [0.5, 0.6) is 11.5 Å². The van der Waals surface area contributed by atoms with E-state index < -0.39 is 6.09 Å². The summed E-state index contributed by atoms with van der Waals surface area (Å²) in [5.74, 6) is 1.67. The summed E-state index contributed by atoms with van der Waals surface area (Å²) in [6, 6.07) is 14.7. The zero-order valence-electron chi connectivity index (χ0n) is 13.1. The Morgan fingerprint density at radius 1 is 1.14 bits per heavy atom. The topological polar surface area (TPSA) is 47.6 Å². The third kappa shape index (κ3) is 4.01. The van der Waals surface area contributed by atoms with Crippen molar-refractivity contribution in [1.82, 2.24) is 0 Å². The molecule has 22 heavy (non-hydrogen) atoms. The van der Waals surface area contributed by atoms with E-state index >= 15 is 0 Å². The number of rotatable bonds is 5. The van der Waals surface area contributed by atoms with Gasteiger partial charge in [-0.15, -0.1) is 0 Å². The number of nitrogens with one attached hydrogen (secondary N) is 1. The second-order valence-corrected chi connectivity index (χ2v) is 5.09. The molecule has 0 saturated heterocycles. The number of para-hydroxylation sites is 1. The Morgan fingerprint density at radius 2 is 1.82 bits per heavy atom. The lowest BCUT2D eigenvalue weighted by atomic mass is 9.98. The molecule has 0 radical (unpaired) electrons. The van der Waals surface area contributed by atoms with Crippen molar-refractivity contribution in [3.63, 3.8) is 0 Å². The molecule has 0 bridgehead atoms. The molecule has 4 heteroatoms. The summed E-state index contributed by atoms with van der Waals surface area (Å²) < 4.78 is 10.5. The van der Waals surface area contributed by atoms with Gasteiger partial charge in [0.25, 0.3) is 0 Å². The van der Waals surface area contributed by atoms with Gasteiger partial charge in [-0.2, -0.15) is 0 Å². The summed E-state index contributed by atoms with van der Waals surface area (Å²) >= 11 is 0. The SMILES string of the molecule is CC[C@@H](C)c1ccccc1OC(=O)Nc1ccc(OC)cc1. The van der Waals surface area contributed by atoms with Crippen molar-refractivity contribution in [3.05, 3.63) is 54.1 Å². The third-order valence-electron chi connectivity index (χ3n) is 3.60. The molecular formula is C18H21NO3. The predicted molar refractivity (Wildman–Crippen MR) is 87.8 cm³/mol. The Balaban J connectivity index is 2.05. The van der Waals surface area contributed by atoms with Gasteiger partial charge in [-0.3, -0.25) is 5.32 Å². The fraction of sp³-hybridized carbons (Fsp3) is 0.278. The molecule has 1 amide bonds. The number of hydrogen-bond donors (Lipinski definition) is 1. The Bertz CT molecular complexity index is 622. The number of carbonyl (C=O) groups is 1. The van der Waals surface area contributed by atoms with E-state index in [9.17, 15) is 4.79 Å². The van der Waals surface area contributed by atoms with Crippen LogP contribution >= 0.6 is 0 Å². The molecule has 0 aromatic heterocycles. The van der Waals surface area contributed by atoms with Crippen LogP contribution in [0.3, 0.4) is 0 Å². The zero-order chi connectivity index (χ0) is 15.9. The lowest BCUT2D eigenvalue weighted by molar-refractivity contribution is 0.214. The first-order valence-corrected chi connectivity index (χ1v) is 7.35. The number of hydrogen-bond acceptors (Lipinski definition) is 3. The highest BCUT2D eigenvalue weighted by atomic mass is 16.6. The largest absolute Gasteiger partial charge is 0.497 e. The molecule has 0 heterocycles. The van der Waals surface area contributed by atoms with Crippen molar-refractivity contribution in [2.24, 2.45) is 0 Å². The first-order chi connectivity index (χ1) is 10.6. The summed E-state index contributed by atoms with van der Waals surface area (Å²) in [5.41, 5.74) is 1.70. The lowest BCUT2D eigenvalue weighted by Crippen LogP contribution is -2.17. The van der Waals surface area contributed by atoms with Crippen molar-refractivity contribution in [3.8, 4) is 11.5 Å². The van der Waals surface area contributed by atoms with Gasteiger partial charge in [-0.1, -0.05) is 32.0 Å². The van der Waals surface area contributed by atoms with E-state index in [0.29, 0.717) is 17.4 Å². The van der Waals surface area contributed by atoms with E-state index in [1.165, 1.54) is 0 Å². The second-order valence-electron chi connectivity index (χ2n) is 5.09. The van der Waals surface area contributed by atoms with E-state index in [2.05, 4.69) is 19.2 Å². The van der Waals surface area contributed by atoms with Gasteiger partial charge in [0.1, 0.15) is 11.5 Å². The van der Waals surface area contributed by atoms with Crippen molar-refractivity contribution in [1.29, 1.82) is 0 Å². The fourth-order valence-electron chi connectivity index (χ4n) is 2.12. The van der Waals surface area contributed by atoms with Crippen molar-refractivity contribution in [2.45, 2.75) is 26.2 Å². The van der Waals surface area contributed by atoms with Crippen LogP contribution < -0.4 is 14.8 Å². The van der Waals surface area contributed by atoms with Gasteiger partial charge in [0.2, 0.25) is 0 Å². The highest BCUT2D eigenvalue weighted by molar-refractivity contribution is 5.86. The average molecular weight is 299 g/mol. The van der Waals surface area contributed by atoms with Crippen LogP contribution in [0, 0.1) is 0 Å². The molecule has 0 aliphatic rings. The van der Waals surface area contributed by atoms with E-state index in [1.54, 1.807) is 31.4 Å². The molecular weight excluding hydrogens is 278 g/mol. The van der Waals surface area contributed by atoms with Crippen LogP contribution in [-0.4, -0.2) is 13.2 Å². The molecule has 2 aromatic rings. The van der Waals surface area contributed by atoms with E-state index in [0.717, 1.165) is 17.7 Å². The second kappa shape index (κ2) is 7.50. The summed E-state index contributed by atoms with van der Waals surface area (Å²) in [6.45, 7) is 4.22. The molecule has 4 nitrogen and oxygen atoms in total. The quantitative estimate of drug-likeness (QED) is 0.861. The molecule has 0 aliphatic heterocycles. The van der Waals surface area contributed by atoms with Gasteiger partial charge in [-0.25, -0.2) is 4.79 Å². The summed E-state index contributed by atoms with van der Waals surface area (Å²) in [5, 5.41) is 2.71. The molecule has 1 N–H and O–H groups in total. The van der Waals surface area contributed by atoms with Gasteiger partial charge < -0.3 is 9.47 Å². The van der Waals surface area contributed by atoms with Crippen LogP contribution in [0.1, 0.15) is 31.7 Å². The van der Waals surface area contributed by atoms with E-state index in [-0.39, 0.29) is 0 Å². The van der Waals surface area contributed by atoms with Crippen LogP contribution in [0.2, 0.25) is 0 Å². The predicted octanol–water partition coefficient (Wildman–Crippen LogP) is 4.82. The van der Waals surface area contributed by atoms with Crippen molar-refractivity contribution < 1.29 is 14.3 Å². The number of ether oxygens (including phenoxy) is 2. The van der Waals surface area contributed by atoms with Crippen LogP contribution in [0.4, 0.5) is 10.5 Å². The first-order valence-electron chi connectivity index (χ1n) is 7.35. The van der Waals surface area contributed by atoms with Gasteiger partial charge in [-0.05, 0) is 48.2 Å². The van der Waals surface area contributed by atoms with Gasteiger partial charge in [0, 0.05) is 5.69 Å². The number of carbonyl (C=O) groups excluding carboxylic acids is 1. The third-order valence-corrected chi connectivity index (χ3v) is 3.60. The van der Waals surface area contributed by atoms with E-state index in [4.69, 9.17) is 9.47 Å². The maximum Gasteiger partial charge on any atom is 0.417 e. The molecule has 0 spiro atoms. The maximum atomic E-state index is 12.0. The molecule has 0 unspecified atom stereocenters. The van der Waals surface area contributed by atoms with Crippen LogP contribution in [0.15, 0.2) is 48.5 Å². The highest BCUT2D eigenvalue weighted by Crippen LogP contribution is 2.28. The Labute approximate surface area is 131 Å². The van der Waals surface area contributed by atoms with Crippen molar-refractivity contribution in [2.75, 3.05) is 12.4 Å². The Kier molecular flexibility index (Phi) is 5.42. The number of benzene rings is 2. The minimum Gasteiger partial charge on any atom is -0.497 e. The minimum atomic E-state index is -0.499. The standard InChI is InChI=1S/C18H21NO3/c1-4-13(2)16-7-5-6-8-17(16)22-18(20)19-14-9-11-15(21-3)12-10-14/h5-13H,4H2,1-3H3,(H,19,20)/t13-/m1/s1. The van der Waals surface area contributed by atoms with Gasteiger partial charge >= 0.3 is 6.09 Å². The zero-order valence-corrected chi connectivity index (χ0v) is 13.1. The summed E-state index contributed by atoms with van der Waals surface area (Å²) in [7, 11) is 1.60. The minimum absolute atomic E-state index is 0.338. The molecule has 2 rings (SSSR count). The number of amides is 1. The Hall–Kier alpha value is -2.49. The lowest BCUT2D eigenvalue weighted by Gasteiger charge is -2.15. The smallest absolute Gasteiger partial charge is 0.417 e. The molecule has 0 aliphatic carbocycles. The van der Waals surface area contributed by atoms with Crippen molar-refractivity contribution >= 4 is 11.8 Å². The summed E-state index contributed by atoms with van der Waals surface area (Å²) in [4.78, 5) is 12.0. The summed E-state index contributed by atoms with van der Waals surface area (Å²) in [6.07, 6.45) is 0.487. The molecule has 2 aromatic carbocycles. The fourth-order valence-corrected chi connectivity index (χ4v) is 2.12. The number of methoxy groups -OCH3 is 1. The molecule has 0 fully saturated rings. The van der Waals surface area contributed by atoms with Gasteiger partial charge in [0.15, 0.2) is 0 Å². The molecule has 116 valence electrons. The molecule has 0 saturated carbocycles. The Morgan fingerprint density at radius 3 is 2.45 bits per heavy atom. The normalized spacial score (nSPS) is 11.6. The van der Waals surface area contributed by atoms with Gasteiger partial charge in [0.05, 0.1) is 7.11 Å². The first kappa shape index (κ1) is 15.9.